The summed E-state index contributed by atoms with van der Waals surface area (Å²) in [5.74, 6) is -0.206. The first-order valence-corrected chi connectivity index (χ1v) is 12.0. The van der Waals surface area contributed by atoms with Crippen LogP contribution in [0.25, 0.3) is 11.0 Å². The summed E-state index contributed by atoms with van der Waals surface area (Å²) in [6, 6.07) is 13.9. The van der Waals surface area contributed by atoms with Crippen molar-refractivity contribution in [3.8, 4) is 0 Å². The number of benzene rings is 2. The van der Waals surface area contributed by atoms with Crippen molar-refractivity contribution in [1.29, 1.82) is 0 Å². The summed E-state index contributed by atoms with van der Waals surface area (Å²) in [5, 5.41) is 3.59. The van der Waals surface area contributed by atoms with Gasteiger partial charge in [-0.25, -0.2) is 13.4 Å². The Morgan fingerprint density at radius 1 is 1.10 bits per heavy atom. The molecule has 0 spiro atoms. The zero-order chi connectivity index (χ0) is 21.0. The maximum absolute atomic E-state index is 12.6. The van der Waals surface area contributed by atoms with Crippen LogP contribution in [0.1, 0.15) is 13.8 Å². The van der Waals surface area contributed by atoms with Crippen LogP contribution in [0.5, 0.6) is 0 Å². The monoisotopic (exact) mass is 432 g/mol. The van der Waals surface area contributed by atoms with Gasteiger partial charge >= 0.3 is 0 Å². The molecule has 3 aromatic rings. The molecule has 29 heavy (non-hydrogen) atoms. The van der Waals surface area contributed by atoms with Crippen LogP contribution >= 0.6 is 11.8 Å². The highest BCUT2D eigenvalue weighted by Gasteiger charge is 2.21. The predicted molar refractivity (Wildman–Crippen MR) is 117 cm³/mol. The minimum Gasteiger partial charge on any atom is -0.325 e. The number of carbonyl (C=O) groups excluding carboxylic acids is 1. The first-order chi connectivity index (χ1) is 13.9. The maximum Gasteiger partial charge on any atom is 0.244 e. The van der Waals surface area contributed by atoms with E-state index >= 15 is 0 Å². The van der Waals surface area contributed by atoms with Gasteiger partial charge in [0.05, 0.1) is 15.9 Å². The van der Waals surface area contributed by atoms with Gasteiger partial charge < -0.3 is 9.88 Å². The van der Waals surface area contributed by atoms with E-state index in [0.717, 1.165) is 16.2 Å². The summed E-state index contributed by atoms with van der Waals surface area (Å²) in [5.41, 5.74) is 2.28. The largest absolute Gasteiger partial charge is 0.325 e. The number of carbonyl (C=O) groups is 1. The van der Waals surface area contributed by atoms with E-state index < -0.39 is 10.0 Å². The molecule has 7 nitrogen and oxygen atoms in total. The number of anilines is 1. The number of rotatable bonds is 8. The molecule has 154 valence electrons. The second kappa shape index (κ2) is 8.98. The lowest BCUT2D eigenvalue weighted by molar-refractivity contribution is -0.116. The van der Waals surface area contributed by atoms with E-state index in [1.807, 2.05) is 35.1 Å². The average molecular weight is 433 g/mol. The Labute approximate surface area is 175 Å². The molecule has 1 amide bonds. The fourth-order valence-corrected chi connectivity index (χ4v) is 5.16. The molecule has 0 saturated heterocycles. The summed E-state index contributed by atoms with van der Waals surface area (Å²) in [7, 11) is -3.52. The Kier molecular flexibility index (Phi) is 6.61. The van der Waals surface area contributed by atoms with Crippen molar-refractivity contribution in [2.45, 2.75) is 30.4 Å². The van der Waals surface area contributed by atoms with Crippen LogP contribution in [-0.2, 0) is 21.4 Å². The number of nitrogens with one attached hydrogen (secondary N) is 1. The number of nitrogens with zero attached hydrogens (tertiary/aromatic N) is 3. The Morgan fingerprint density at radius 2 is 1.76 bits per heavy atom. The third-order valence-electron chi connectivity index (χ3n) is 4.59. The number of hydrogen-bond acceptors (Lipinski definition) is 5. The summed E-state index contributed by atoms with van der Waals surface area (Å²) < 4.78 is 28.4. The maximum atomic E-state index is 12.6. The van der Waals surface area contributed by atoms with Gasteiger partial charge in [-0.05, 0) is 42.7 Å². The molecule has 1 heterocycles. The van der Waals surface area contributed by atoms with Crippen LogP contribution in [0.4, 0.5) is 5.69 Å². The van der Waals surface area contributed by atoms with Crippen molar-refractivity contribution in [1.82, 2.24) is 13.9 Å². The van der Waals surface area contributed by atoms with E-state index in [4.69, 9.17) is 0 Å². The molecular formula is C20H24N4O3S2. The van der Waals surface area contributed by atoms with Crippen LogP contribution in [-0.4, -0.2) is 47.5 Å². The number of aromatic nitrogens is 2. The molecule has 0 bridgehead atoms. The average Bonchev–Trinajstić information content (AvgIpc) is 3.06. The highest BCUT2D eigenvalue weighted by molar-refractivity contribution is 7.98. The van der Waals surface area contributed by atoms with E-state index in [2.05, 4.69) is 10.3 Å². The van der Waals surface area contributed by atoms with Gasteiger partial charge in [0.1, 0.15) is 6.54 Å². The lowest BCUT2D eigenvalue weighted by atomic mass is 10.3. The van der Waals surface area contributed by atoms with Crippen LogP contribution in [0.3, 0.4) is 0 Å². The smallest absolute Gasteiger partial charge is 0.244 e. The van der Waals surface area contributed by atoms with Gasteiger partial charge in [-0.3, -0.25) is 4.79 Å². The minimum atomic E-state index is -3.52. The molecule has 0 radical (unpaired) electrons. The van der Waals surface area contributed by atoms with Gasteiger partial charge in [-0.2, -0.15) is 4.31 Å². The first-order valence-electron chi connectivity index (χ1n) is 9.30. The lowest BCUT2D eigenvalue weighted by Crippen LogP contribution is -2.30. The van der Waals surface area contributed by atoms with Gasteiger partial charge in [0, 0.05) is 18.8 Å². The molecule has 0 aliphatic rings. The Balaban J connectivity index is 1.75. The van der Waals surface area contributed by atoms with Crippen molar-refractivity contribution in [2.75, 3.05) is 24.7 Å². The van der Waals surface area contributed by atoms with E-state index in [9.17, 15) is 13.2 Å². The van der Waals surface area contributed by atoms with E-state index in [0.29, 0.717) is 18.8 Å². The topological polar surface area (TPSA) is 84.3 Å². The van der Waals surface area contributed by atoms with Gasteiger partial charge in [-0.1, -0.05) is 37.7 Å². The molecule has 0 aliphatic carbocycles. The fraction of sp³-hybridized carbons (Fsp3) is 0.300. The summed E-state index contributed by atoms with van der Waals surface area (Å²) in [6.07, 6.45) is 1.92. The van der Waals surface area contributed by atoms with Crippen molar-refractivity contribution in [3.63, 3.8) is 0 Å². The summed E-state index contributed by atoms with van der Waals surface area (Å²) in [4.78, 5) is 17.3. The van der Waals surface area contributed by atoms with Gasteiger partial charge in [0.2, 0.25) is 15.9 Å². The molecule has 3 rings (SSSR count). The molecule has 0 fully saturated rings. The molecule has 1 N–H and O–H groups in total. The number of para-hydroxylation sites is 2. The second-order valence-electron chi connectivity index (χ2n) is 6.34. The summed E-state index contributed by atoms with van der Waals surface area (Å²) >= 11 is 1.48. The van der Waals surface area contributed by atoms with Crippen molar-refractivity contribution >= 4 is 44.4 Å². The van der Waals surface area contributed by atoms with Crippen molar-refractivity contribution in [2.24, 2.45) is 0 Å². The molecule has 2 aromatic carbocycles. The quantitative estimate of drug-likeness (QED) is 0.551. The fourth-order valence-electron chi connectivity index (χ4n) is 3.13. The zero-order valence-electron chi connectivity index (χ0n) is 16.6. The van der Waals surface area contributed by atoms with Gasteiger partial charge in [-0.15, -0.1) is 0 Å². The minimum absolute atomic E-state index is 0.121. The third-order valence-corrected chi connectivity index (χ3v) is 7.33. The molecule has 0 saturated carbocycles. The number of imidazole rings is 1. The number of sulfonamides is 1. The molecule has 0 atom stereocenters. The van der Waals surface area contributed by atoms with Gasteiger partial charge in [0.15, 0.2) is 5.16 Å². The Morgan fingerprint density at radius 3 is 2.38 bits per heavy atom. The molecule has 9 heteroatoms. The van der Waals surface area contributed by atoms with Gasteiger partial charge in [0.25, 0.3) is 0 Å². The van der Waals surface area contributed by atoms with Crippen LogP contribution in [0.15, 0.2) is 58.6 Å². The van der Waals surface area contributed by atoms with Crippen LogP contribution < -0.4 is 5.32 Å². The number of fused-ring (bicyclic) bond motifs is 1. The zero-order valence-corrected chi connectivity index (χ0v) is 18.3. The molecular weight excluding hydrogens is 408 g/mol. The van der Waals surface area contributed by atoms with E-state index in [1.54, 1.807) is 26.0 Å². The summed E-state index contributed by atoms with van der Waals surface area (Å²) in [6.45, 7) is 4.55. The van der Waals surface area contributed by atoms with Crippen LogP contribution in [0, 0.1) is 0 Å². The lowest BCUT2D eigenvalue weighted by Gasteiger charge is -2.18. The SMILES string of the molecule is CCN(CC)S(=O)(=O)c1ccc(NC(=O)Cn2c(SC)nc3ccccc32)cc1. The Hall–Kier alpha value is -2.36. The first kappa shape index (κ1) is 21.4. The third kappa shape index (κ3) is 4.47. The molecule has 0 unspecified atom stereocenters. The van der Waals surface area contributed by atoms with Crippen molar-refractivity contribution < 1.29 is 13.2 Å². The standard InChI is InChI=1S/C20H24N4O3S2/c1-4-23(5-2)29(26,27)16-12-10-15(11-13-16)21-19(25)14-24-18-9-7-6-8-17(18)22-20(24)28-3/h6-13H,4-5,14H2,1-3H3,(H,21,25). The molecule has 0 aliphatic heterocycles. The van der Waals surface area contributed by atoms with Crippen LogP contribution in [0.2, 0.25) is 0 Å². The highest BCUT2D eigenvalue weighted by Crippen LogP contribution is 2.23. The number of hydrogen-bond donors (Lipinski definition) is 1. The number of amides is 1. The molecule has 1 aromatic heterocycles. The van der Waals surface area contributed by atoms with E-state index in [-0.39, 0.29) is 17.3 Å². The Bertz CT molecular complexity index is 1100. The number of thioether (sulfide) groups is 1. The van der Waals surface area contributed by atoms with E-state index in [1.165, 1.54) is 28.2 Å². The normalized spacial score (nSPS) is 11.9. The van der Waals surface area contributed by atoms with Crippen molar-refractivity contribution in [3.05, 3.63) is 48.5 Å². The highest BCUT2D eigenvalue weighted by atomic mass is 32.2. The predicted octanol–water partition coefficient (Wildman–Crippen LogP) is 3.43. The second-order valence-corrected chi connectivity index (χ2v) is 9.05.